The summed E-state index contributed by atoms with van der Waals surface area (Å²) in [4.78, 5) is 27.0. The molecule has 0 unspecified atom stereocenters. The van der Waals surface area contributed by atoms with E-state index in [-0.39, 0.29) is 18.4 Å². The number of carbonyl (C=O) groups is 2. The number of likely N-dealkylation sites (tertiary alicyclic amines) is 1. The van der Waals surface area contributed by atoms with Crippen molar-refractivity contribution in [2.75, 3.05) is 46.4 Å². The van der Waals surface area contributed by atoms with Crippen molar-refractivity contribution in [3.63, 3.8) is 0 Å². The van der Waals surface area contributed by atoms with E-state index in [4.69, 9.17) is 4.74 Å². The topological polar surface area (TPSA) is 61.9 Å². The largest absolute Gasteiger partial charge is 0.381 e. The molecule has 2 rings (SSSR count). The van der Waals surface area contributed by atoms with Crippen LogP contribution in [0.1, 0.15) is 12.8 Å². The predicted molar refractivity (Wildman–Crippen MR) is 66.1 cm³/mol. The third-order valence-electron chi connectivity index (χ3n) is 3.62. The zero-order valence-electron chi connectivity index (χ0n) is 10.9. The molecule has 0 radical (unpaired) electrons. The standard InChI is InChI=1S/C12H21N3O3/c1-18-10-2-5-14(6-3-10)9-12(17)15-7-4-13-11(16)8-15/h10H,2-9H2,1H3,(H,13,16). The van der Waals surface area contributed by atoms with E-state index in [0.717, 1.165) is 25.9 Å². The van der Waals surface area contributed by atoms with Gasteiger partial charge in [-0.25, -0.2) is 0 Å². The lowest BCUT2D eigenvalue weighted by atomic mass is 10.1. The zero-order chi connectivity index (χ0) is 13.0. The average Bonchev–Trinajstić information content (AvgIpc) is 2.39. The highest BCUT2D eigenvalue weighted by atomic mass is 16.5. The van der Waals surface area contributed by atoms with E-state index in [9.17, 15) is 9.59 Å². The second-order valence-electron chi connectivity index (χ2n) is 4.88. The second kappa shape index (κ2) is 6.15. The van der Waals surface area contributed by atoms with Gasteiger partial charge in [0.2, 0.25) is 11.8 Å². The van der Waals surface area contributed by atoms with Crippen LogP contribution >= 0.6 is 0 Å². The Labute approximate surface area is 107 Å². The van der Waals surface area contributed by atoms with E-state index >= 15 is 0 Å². The van der Waals surface area contributed by atoms with E-state index in [0.29, 0.717) is 25.7 Å². The summed E-state index contributed by atoms with van der Waals surface area (Å²) in [7, 11) is 1.73. The number of amides is 2. The van der Waals surface area contributed by atoms with Gasteiger partial charge in [-0.05, 0) is 12.8 Å². The number of hydrogen-bond donors (Lipinski definition) is 1. The van der Waals surface area contributed by atoms with Crippen LogP contribution in [-0.4, -0.2) is 74.1 Å². The van der Waals surface area contributed by atoms with Gasteiger partial charge in [-0.2, -0.15) is 0 Å². The molecule has 6 nitrogen and oxygen atoms in total. The fraction of sp³-hybridized carbons (Fsp3) is 0.833. The van der Waals surface area contributed by atoms with Crippen molar-refractivity contribution < 1.29 is 14.3 Å². The zero-order valence-corrected chi connectivity index (χ0v) is 10.9. The molecule has 18 heavy (non-hydrogen) atoms. The molecule has 2 aliphatic rings. The SMILES string of the molecule is COC1CCN(CC(=O)N2CCNC(=O)C2)CC1. The van der Waals surface area contributed by atoms with Crippen LogP contribution in [0.5, 0.6) is 0 Å². The van der Waals surface area contributed by atoms with Gasteiger partial charge in [0, 0.05) is 33.3 Å². The van der Waals surface area contributed by atoms with Crippen LogP contribution in [0.15, 0.2) is 0 Å². The first-order valence-corrected chi connectivity index (χ1v) is 6.48. The molecule has 0 aromatic rings. The smallest absolute Gasteiger partial charge is 0.239 e. The van der Waals surface area contributed by atoms with E-state index in [2.05, 4.69) is 10.2 Å². The number of carbonyl (C=O) groups excluding carboxylic acids is 2. The lowest BCUT2D eigenvalue weighted by Gasteiger charge is -2.33. The molecule has 2 aliphatic heterocycles. The van der Waals surface area contributed by atoms with Gasteiger partial charge >= 0.3 is 0 Å². The Bertz CT molecular complexity index is 314. The molecule has 0 bridgehead atoms. The number of nitrogens with zero attached hydrogens (tertiary/aromatic N) is 2. The highest BCUT2D eigenvalue weighted by Crippen LogP contribution is 2.12. The molecule has 2 saturated heterocycles. The lowest BCUT2D eigenvalue weighted by Crippen LogP contribution is -2.53. The van der Waals surface area contributed by atoms with Gasteiger partial charge in [-0.1, -0.05) is 0 Å². The molecule has 2 heterocycles. The van der Waals surface area contributed by atoms with Gasteiger partial charge in [0.25, 0.3) is 0 Å². The summed E-state index contributed by atoms with van der Waals surface area (Å²) in [5.41, 5.74) is 0. The van der Waals surface area contributed by atoms with Crippen molar-refractivity contribution in [1.82, 2.24) is 15.1 Å². The van der Waals surface area contributed by atoms with Crippen LogP contribution in [0, 0.1) is 0 Å². The summed E-state index contributed by atoms with van der Waals surface area (Å²) in [5, 5.41) is 2.72. The minimum absolute atomic E-state index is 0.0562. The Morgan fingerprint density at radius 1 is 1.39 bits per heavy atom. The average molecular weight is 255 g/mol. The van der Waals surface area contributed by atoms with Crippen molar-refractivity contribution in [1.29, 1.82) is 0 Å². The summed E-state index contributed by atoms with van der Waals surface area (Å²) in [5.74, 6) is -0.00610. The van der Waals surface area contributed by atoms with Gasteiger partial charge in [0.05, 0.1) is 19.2 Å². The highest BCUT2D eigenvalue weighted by molar-refractivity contribution is 5.86. The number of piperazine rings is 1. The molecule has 2 fully saturated rings. The van der Waals surface area contributed by atoms with Crippen molar-refractivity contribution in [3.05, 3.63) is 0 Å². The summed E-state index contributed by atoms with van der Waals surface area (Å²) in [6.07, 6.45) is 2.28. The second-order valence-corrected chi connectivity index (χ2v) is 4.88. The predicted octanol–water partition coefficient (Wildman–Crippen LogP) is -0.944. The number of rotatable bonds is 3. The van der Waals surface area contributed by atoms with Crippen molar-refractivity contribution >= 4 is 11.8 Å². The number of nitrogens with one attached hydrogen (secondary N) is 1. The number of ether oxygens (including phenoxy) is 1. The van der Waals surface area contributed by atoms with E-state index in [1.807, 2.05) is 0 Å². The Morgan fingerprint density at radius 2 is 2.11 bits per heavy atom. The van der Waals surface area contributed by atoms with Crippen molar-refractivity contribution in [3.8, 4) is 0 Å². The minimum Gasteiger partial charge on any atom is -0.381 e. The van der Waals surface area contributed by atoms with Gasteiger partial charge < -0.3 is 15.0 Å². The van der Waals surface area contributed by atoms with E-state index in [1.54, 1.807) is 12.0 Å². The number of methoxy groups -OCH3 is 1. The quantitative estimate of drug-likeness (QED) is 0.707. The maximum atomic E-state index is 12.0. The first-order chi connectivity index (χ1) is 8.69. The summed E-state index contributed by atoms with van der Waals surface area (Å²) in [6.45, 7) is 3.60. The van der Waals surface area contributed by atoms with Crippen LogP contribution in [0.4, 0.5) is 0 Å². The highest BCUT2D eigenvalue weighted by Gasteiger charge is 2.25. The molecular formula is C12H21N3O3. The molecular weight excluding hydrogens is 234 g/mol. The van der Waals surface area contributed by atoms with Crippen LogP contribution in [0.3, 0.4) is 0 Å². The minimum atomic E-state index is -0.0623. The molecule has 6 heteroatoms. The summed E-state index contributed by atoms with van der Waals surface area (Å²) >= 11 is 0. The Morgan fingerprint density at radius 3 is 2.72 bits per heavy atom. The Hall–Kier alpha value is -1.14. The molecule has 2 amide bonds. The third kappa shape index (κ3) is 3.43. The molecule has 0 spiro atoms. The van der Waals surface area contributed by atoms with Gasteiger partial charge in [-0.3, -0.25) is 14.5 Å². The fourth-order valence-corrected chi connectivity index (χ4v) is 2.45. The molecule has 0 aromatic carbocycles. The molecule has 0 atom stereocenters. The van der Waals surface area contributed by atoms with Gasteiger partial charge in [0.1, 0.15) is 0 Å². The van der Waals surface area contributed by atoms with Crippen LogP contribution in [-0.2, 0) is 14.3 Å². The first-order valence-electron chi connectivity index (χ1n) is 6.48. The summed E-state index contributed by atoms with van der Waals surface area (Å²) in [6, 6.07) is 0. The first kappa shape index (κ1) is 13.3. The van der Waals surface area contributed by atoms with Gasteiger partial charge in [0.15, 0.2) is 0 Å². The molecule has 0 saturated carbocycles. The van der Waals surface area contributed by atoms with Gasteiger partial charge in [-0.15, -0.1) is 0 Å². The molecule has 0 aromatic heterocycles. The van der Waals surface area contributed by atoms with E-state index < -0.39 is 0 Å². The molecule has 0 aliphatic carbocycles. The molecule has 102 valence electrons. The van der Waals surface area contributed by atoms with Crippen LogP contribution in [0.2, 0.25) is 0 Å². The Balaban J connectivity index is 1.75. The maximum Gasteiger partial charge on any atom is 0.239 e. The van der Waals surface area contributed by atoms with Crippen molar-refractivity contribution in [2.24, 2.45) is 0 Å². The third-order valence-corrected chi connectivity index (χ3v) is 3.62. The molecule has 1 N–H and O–H groups in total. The van der Waals surface area contributed by atoms with Crippen LogP contribution < -0.4 is 5.32 Å². The fourth-order valence-electron chi connectivity index (χ4n) is 2.45. The Kier molecular flexibility index (Phi) is 4.54. The van der Waals surface area contributed by atoms with E-state index in [1.165, 1.54) is 0 Å². The number of hydrogen-bond acceptors (Lipinski definition) is 4. The lowest BCUT2D eigenvalue weighted by molar-refractivity contribution is -0.139. The monoisotopic (exact) mass is 255 g/mol. The summed E-state index contributed by atoms with van der Waals surface area (Å²) < 4.78 is 5.30. The van der Waals surface area contributed by atoms with Crippen LogP contribution in [0.25, 0.3) is 0 Å². The van der Waals surface area contributed by atoms with Crippen molar-refractivity contribution in [2.45, 2.75) is 18.9 Å². The number of piperidine rings is 1. The normalized spacial score (nSPS) is 22.9. The maximum absolute atomic E-state index is 12.0.